The second-order valence-electron chi connectivity index (χ2n) is 8.34. The number of aromatic amines is 1. The van der Waals surface area contributed by atoms with Gasteiger partial charge in [0.2, 0.25) is 11.8 Å². The van der Waals surface area contributed by atoms with Crippen LogP contribution in [0.5, 0.6) is 0 Å². The number of carbonyl (C=O) groups is 2. The number of carbonyl (C=O) groups excluding carboxylic acids is 2. The summed E-state index contributed by atoms with van der Waals surface area (Å²) in [4.78, 5) is 52.8. The van der Waals surface area contributed by atoms with Crippen LogP contribution in [0.3, 0.4) is 0 Å². The van der Waals surface area contributed by atoms with Crippen LogP contribution in [0.15, 0.2) is 23.1 Å². The summed E-state index contributed by atoms with van der Waals surface area (Å²) in [5.41, 5.74) is 1.86. The van der Waals surface area contributed by atoms with Gasteiger partial charge in [0.1, 0.15) is 16.5 Å². The summed E-state index contributed by atoms with van der Waals surface area (Å²) in [6, 6.07) is 3.70. The minimum Gasteiger partial charge on any atom is -0.343 e. The fourth-order valence-corrected chi connectivity index (χ4v) is 5.01. The highest BCUT2D eigenvalue weighted by molar-refractivity contribution is 7.18. The van der Waals surface area contributed by atoms with Crippen molar-refractivity contribution in [1.82, 2.24) is 19.9 Å². The molecule has 1 aliphatic rings. The topological polar surface area (TPSA) is 108 Å². The molecule has 1 aliphatic heterocycles. The maximum atomic E-state index is 12.7. The van der Waals surface area contributed by atoms with Crippen LogP contribution in [0.1, 0.15) is 41.1 Å². The number of H-pyrrole nitrogens is 1. The molecule has 32 heavy (non-hydrogen) atoms. The largest absolute Gasteiger partial charge is 0.343 e. The molecule has 4 heterocycles. The number of amides is 2. The van der Waals surface area contributed by atoms with Gasteiger partial charge in [0.25, 0.3) is 5.56 Å². The number of nitrogens with one attached hydrogen (secondary N) is 2. The smallest absolute Gasteiger partial charge is 0.259 e. The molecular weight excluding hydrogens is 426 g/mol. The van der Waals surface area contributed by atoms with Crippen LogP contribution in [-0.4, -0.2) is 44.8 Å². The Kier molecular flexibility index (Phi) is 6.36. The lowest BCUT2D eigenvalue weighted by Gasteiger charge is -2.31. The molecule has 0 spiro atoms. The zero-order valence-corrected chi connectivity index (χ0v) is 19.3. The Bertz CT molecular complexity index is 1210. The Balaban J connectivity index is 1.29. The third-order valence-corrected chi connectivity index (χ3v) is 7.15. The van der Waals surface area contributed by atoms with Gasteiger partial charge in [-0.05, 0) is 50.8 Å². The Morgan fingerprint density at radius 2 is 1.97 bits per heavy atom. The molecule has 3 aromatic heterocycles. The van der Waals surface area contributed by atoms with Gasteiger partial charge < -0.3 is 15.2 Å². The summed E-state index contributed by atoms with van der Waals surface area (Å²) in [7, 11) is 0. The van der Waals surface area contributed by atoms with Crippen molar-refractivity contribution in [2.45, 2.75) is 46.5 Å². The second-order valence-corrected chi connectivity index (χ2v) is 9.54. The van der Waals surface area contributed by atoms with E-state index in [4.69, 9.17) is 0 Å². The van der Waals surface area contributed by atoms with Gasteiger partial charge in [-0.2, -0.15) is 0 Å². The fraction of sp³-hybridized carbons (Fsp3) is 0.435. The third kappa shape index (κ3) is 4.72. The highest BCUT2D eigenvalue weighted by Gasteiger charge is 2.27. The van der Waals surface area contributed by atoms with Crippen LogP contribution in [-0.2, 0) is 16.0 Å². The standard InChI is InChI=1S/C23H27N5O3S/c1-13-4-5-17(24-12-13)25-21(30)16-8-10-28(11-9-16)19(29)7-6-18-26-22(31)20-14(2)15(3)32-23(20)27-18/h4-5,12,16H,6-11H2,1-3H3,(H,24,25,30)(H,26,27,31). The molecule has 8 nitrogen and oxygen atoms in total. The van der Waals surface area contributed by atoms with Crippen LogP contribution >= 0.6 is 11.3 Å². The Labute approximate surface area is 190 Å². The first-order valence-electron chi connectivity index (χ1n) is 10.8. The highest BCUT2D eigenvalue weighted by atomic mass is 32.1. The summed E-state index contributed by atoms with van der Waals surface area (Å²) in [5.74, 6) is 0.925. The predicted molar refractivity (Wildman–Crippen MR) is 125 cm³/mol. The molecule has 0 radical (unpaired) electrons. The molecule has 0 bridgehead atoms. The number of aromatic nitrogens is 3. The third-order valence-electron chi connectivity index (χ3n) is 6.04. The molecule has 2 amide bonds. The maximum Gasteiger partial charge on any atom is 0.259 e. The first-order valence-corrected chi connectivity index (χ1v) is 11.6. The minimum absolute atomic E-state index is 0.0188. The summed E-state index contributed by atoms with van der Waals surface area (Å²) >= 11 is 1.50. The van der Waals surface area contributed by atoms with Crippen molar-refractivity contribution >= 4 is 39.2 Å². The van der Waals surface area contributed by atoms with E-state index < -0.39 is 0 Å². The summed E-state index contributed by atoms with van der Waals surface area (Å²) in [6.07, 6.45) is 3.63. The van der Waals surface area contributed by atoms with Gasteiger partial charge in [0, 0.05) is 42.9 Å². The number of hydrogen-bond acceptors (Lipinski definition) is 6. The van der Waals surface area contributed by atoms with Gasteiger partial charge in [0.05, 0.1) is 5.39 Å². The number of fused-ring (bicyclic) bond motifs is 1. The maximum absolute atomic E-state index is 12.7. The van der Waals surface area contributed by atoms with Crippen LogP contribution in [0, 0.1) is 26.7 Å². The van der Waals surface area contributed by atoms with Gasteiger partial charge in [0.15, 0.2) is 0 Å². The average Bonchev–Trinajstić information content (AvgIpc) is 3.07. The molecule has 3 aromatic rings. The summed E-state index contributed by atoms with van der Waals surface area (Å²) < 4.78 is 0. The van der Waals surface area contributed by atoms with Gasteiger partial charge in [-0.3, -0.25) is 14.4 Å². The zero-order valence-electron chi connectivity index (χ0n) is 18.5. The van der Waals surface area contributed by atoms with E-state index >= 15 is 0 Å². The van der Waals surface area contributed by atoms with Gasteiger partial charge in [-0.25, -0.2) is 9.97 Å². The summed E-state index contributed by atoms with van der Waals surface area (Å²) in [6.45, 7) is 6.94. The normalized spacial score (nSPS) is 14.7. The van der Waals surface area contributed by atoms with Gasteiger partial charge >= 0.3 is 0 Å². The molecule has 0 aliphatic carbocycles. The molecule has 0 unspecified atom stereocenters. The first-order chi connectivity index (χ1) is 15.3. The van der Waals surface area contributed by atoms with Crippen molar-refractivity contribution in [1.29, 1.82) is 0 Å². The minimum atomic E-state index is -0.144. The van der Waals surface area contributed by atoms with E-state index in [0.29, 0.717) is 49.4 Å². The molecule has 168 valence electrons. The fourth-order valence-electron chi connectivity index (χ4n) is 3.96. The van der Waals surface area contributed by atoms with Crippen molar-refractivity contribution in [3.63, 3.8) is 0 Å². The van der Waals surface area contributed by atoms with Gasteiger partial charge in [-0.15, -0.1) is 11.3 Å². The Hall–Kier alpha value is -3.07. The summed E-state index contributed by atoms with van der Waals surface area (Å²) in [5, 5.41) is 3.50. The van der Waals surface area contributed by atoms with E-state index in [-0.39, 0.29) is 29.7 Å². The number of hydrogen-bond donors (Lipinski definition) is 2. The lowest BCUT2D eigenvalue weighted by atomic mass is 9.95. The average molecular weight is 454 g/mol. The van der Waals surface area contributed by atoms with Crippen molar-refractivity contribution in [2.24, 2.45) is 5.92 Å². The van der Waals surface area contributed by atoms with E-state index in [1.54, 1.807) is 17.2 Å². The van der Waals surface area contributed by atoms with Crippen molar-refractivity contribution in [3.05, 3.63) is 50.5 Å². The number of thiophene rings is 1. The number of aryl methyl sites for hydroxylation is 4. The van der Waals surface area contributed by atoms with Crippen LogP contribution in [0.4, 0.5) is 5.82 Å². The molecule has 0 aromatic carbocycles. The molecule has 0 atom stereocenters. The van der Waals surface area contributed by atoms with E-state index in [0.717, 1.165) is 20.8 Å². The molecular formula is C23H27N5O3S. The van der Waals surface area contributed by atoms with E-state index in [1.807, 2.05) is 26.8 Å². The van der Waals surface area contributed by atoms with E-state index in [1.165, 1.54) is 11.3 Å². The molecule has 2 N–H and O–H groups in total. The monoisotopic (exact) mass is 453 g/mol. The number of piperidine rings is 1. The highest BCUT2D eigenvalue weighted by Crippen LogP contribution is 2.26. The van der Waals surface area contributed by atoms with Gasteiger partial charge in [-0.1, -0.05) is 6.07 Å². The number of nitrogens with zero attached hydrogens (tertiary/aromatic N) is 3. The van der Waals surface area contributed by atoms with Crippen LogP contribution in [0.25, 0.3) is 10.2 Å². The molecule has 0 saturated carbocycles. The number of rotatable bonds is 5. The lowest BCUT2D eigenvalue weighted by molar-refractivity contribution is -0.134. The Morgan fingerprint density at radius 1 is 1.22 bits per heavy atom. The number of likely N-dealkylation sites (tertiary alicyclic amines) is 1. The van der Waals surface area contributed by atoms with Crippen LogP contribution < -0.4 is 10.9 Å². The molecule has 4 rings (SSSR count). The van der Waals surface area contributed by atoms with Crippen LogP contribution in [0.2, 0.25) is 0 Å². The quantitative estimate of drug-likeness (QED) is 0.617. The van der Waals surface area contributed by atoms with Crippen molar-refractivity contribution < 1.29 is 9.59 Å². The predicted octanol–water partition coefficient (Wildman–Crippen LogP) is 3.11. The zero-order chi connectivity index (χ0) is 22.8. The molecule has 1 fully saturated rings. The molecule has 1 saturated heterocycles. The van der Waals surface area contributed by atoms with Crippen molar-refractivity contribution in [3.8, 4) is 0 Å². The Morgan fingerprint density at radius 3 is 2.66 bits per heavy atom. The second kappa shape index (κ2) is 9.20. The van der Waals surface area contributed by atoms with E-state index in [9.17, 15) is 14.4 Å². The lowest BCUT2D eigenvalue weighted by Crippen LogP contribution is -2.41. The van der Waals surface area contributed by atoms with E-state index in [2.05, 4.69) is 20.3 Å². The number of pyridine rings is 1. The SMILES string of the molecule is Cc1ccc(NC(=O)C2CCN(C(=O)CCc3nc4sc(C)c(C)c4c(=O)[nH]3)CC2)nc1. The first kappa shape index (κ1) is 22.1. The number of anilines is 1. The molecule has 9 heteroatoms. The van der Waals surface area contributed by atoms with Crippen molar-refractivity contribution in [2.75, 3.05) is 18.4 Å².